The molecule has 2 aromatic heterocycles. The van der Waals surface area contributed by atoms with Crippen LogP contribution >= 0.6 is 0 Å². The van der Waals surface area contributed by atoms with Crippen molar-refractivity contribution < 1.29 is 0 Å². The van der Waals surface area contributed by atoms with Gasteiger partial charge in [-0.2, -0.15) is 0 Å². The van der Waals surface area contributed by atoms with E-state index in [-0.39, 0.29) is 0 Å². The predicted octanol–water partition coefficient (Wildman–Crippen LogP) is 0.177. The van der Waals surface area contributed by atoms with Gasteiger partial charge in [-0.3, -0.25) is 4.40 Å². The highest BCUT2D eigenvalue weighted by Crippen LogP contribution is 2.04. The molecule has 17 heavy (non-hydrogen) atoms. The fourth-order valence-corrected chi connectivity index (χ4v) is 2.21. The molecule has 3 rings (SSSR count). The van der Waals surface area contributed by atoms with Crippen LogP contribution in [0.3, 0.4) is 0 Å². The van der Waals surface area contributed by atoms with Crippen LogP contribution < -0.4 is 5.32 Å². The minimum atomic E-state index is 0.794. The van der Waals surface area contributed by atoms with Crippen LogP contribution in [0.2, 0.25) is 0 Å². The van der Waals surface area contributed by atoms with Gasteiger partial charge in [0.15, 0.2) is 0 Å². The first kappa shape index (κ1) is 10.7. The van der Waals surface area contributed by atoms with Crippen molar-refractivity contribution >= 4 is 5.78 Å². The number of nitrogens with zero attached hydrogens (tertiary/aromatic N) is 4. The monoisotopic (exact) mass is 231 g/mol. The van der Waals surface area contributed by atoms with Crippen molar-refractivity contribution in [1.29, 1.82) is 0 Å². The average Bonchev–Trinajstić information content (AvgIpc) is 2.80. The normalized spacial score (nSPS) is 17.6. The van der Waals surface area contributed by atoms with Gasteiger partial charge in [0.2, 0.25) is 5.78 Å². The fourth-order valence-electron chi connectivity index (χ4n) is 2.21. The number of hydrogen-bond acceptors (Lipinski definition) is 4. The van der Waals surface area contributed by atoms with Gasteiger partial charge in [-0.15, -0.1) is 0 Å². The Bertz CT molecular complexity index is 453. The van der Waals surface area contributed by atoms with Crippen LogP contribution in [0.25, 0.3) is 5.78 Å². The highest BCUT2D eigenvalue weighted by atomic mass is 15.2. The summed E-state index contributed by atoms with van der Waals surface area (Å²) in [6.07, 6.45) is 6.85. The van der Waals surface area contributed by atoms with Crippen molar-refractivity contribution in [2.45, 2.75) is 6.42 Å². The minimum absolute atomic E-state index is 0.794. The lowest BCUT2D eigenvalue weighted by atomic mass is 10.3. The topological polar surface area (TPSA) is 45.5 Å². The summed E-state index contributed by atoms with van der Waals surface area (Å²) < 4.78 is 1.98. The van der Waals surface area contributed by atoms with Gasteiger partial charge in [-0.1, -0.05) is 0 Å². The number of hydrogen-bond donors (Lipinski definition) is 1. The number of piperazine rings is 1. The average molecular weight is 231 g/mol. The summed E-state index contributed by atoms with van der Waals surface area (Å²) in [6.45, 7) is 5.59. The maximum Gasteiger partial charge on any atom is 0.233 e. The molecule has 1 N–H and O–H groups in total. The van der Waals surface area contributed by atoms with Gasteiger partial charge in [-0.25, -0.2) is 9.97 Å². The molecule has 0 atom stereocenters. The van der Waals surface area contributed by atoms with Crippen molar-refractivity contribution in [3.63, 3.8) is 0 Å². The molecule has 5 nitrogen and oxygen atoms in total. The second kappa shape index (κ2) is 4.81. The van der Waals surface area contributed by atoms with Crippen LogP contribution in [-0.2, 0) is 6.42 Å². The third-order valence-electron chi connectivity index (χ3n) is 3.18. The van der Waals surface area contributed by atoms with E-state index in [2.05, 4.69) is 26.4 Å². The molecule has 0 radical (unpaired) electrons. The fraction of sp³-hybridized carbons (Fsp3) is 0.500. The van der Waals surface area contributed by atoms with Crippen LogP contribution in [-0.4, -0.2) is 52.0 Å². The molecule has 2 aromatic rings. The Hall–Kier alpha value is -1.46. The summed E-state index contributed by atoms with van der Waals surface area (Å²) in [5, 5.41) is 3.36. The molecular weight excluding hydrogens is 214 g/mol. The molecule has 0 aromatic carbocycles. The molecule has 0 unspecified atom stereocenters. The quantitative estimate of drug-likeness (QED) is 0.818. The van der Waals surface area contributed by atoms with Crippen molar-refractivity contribution in [2.24, 2.45) is 0 Å². The second-order valence-corrected chi connectivity index (χ2v) is 4.40. The predicted molar refractivity (Wildman–Crippen MR) is 66.0 cm³/mol. The standard InChI is InChI=1S/C12H17N5/c1-3-14-12-15-11(10-17(12)6-1)2-7-16-8-4-13-5-9-16/h1,3,6,10,13H,2,4-5,7-9H2. The summed E-state index contributed by atoms with van der Waals surface area (Å²) >= 11 is 0. The van der Waals surface area contributed by atoms with Gasteiger partial charge in [0.25, 0.3) is 0 Å². The van der Waals surface area contributed by atoms with Gasteiger partial charge in [0.1, 0.15) is 0 Å². The highest BCUT2D eigenvalue weighted by Gasteiger charge is 2.10. The first-order chi connectivity index (χ1) is 8.42. The molecule has 1 aliphatic heterocycles. The van der Waals surface area contributed by atoms with E-state index in [1.54, 1.807) is 6.20 Å². The highest BCUT2D eigenvalue weighted by molar-refractivity contribution is 5.29. The Labute approximate surface area is 100 Å². The Morgan fingerprint density at radius 2 is 2.18 bits per heavy atom. The van der Waals surface area contributed by atoms with Crippen LogP contribution in [0.5, 0.6) is 0 Å². The van der Waals surface area contributed by atoms with Crippen LogP contribution in [0.1, 0.15) is 5.69 Å². The maximum absolute atomic E-state index is 4.51. The van der Waals surface area contributed by atoms with E-state index >= 15 is 0 Å². The lowest BCUT2D eigenvalue weighted by molar-refractivity contribution is 0.243. The zero-order chi connectivity index (χ0) is 11.5. The molecule has 0 bridgehead atoms. The van der Waals surface area contributed by atoms with E-state index in [4.69, 9.17) is 0 Å². The SMILES string of the molecule is c1cnc2nc(CCN3CCNCC3)cn2c1. The first-order valence-electron chi connectivity index (χ1n) is 6.13. The molecule has 1 fully saturated rings. The zero-order valence-electron chi connectivity index (χ0n) is 9.84. The molecule has 1 saturated heterocycles. The second-order valence-electron chi connectivity index (χ2n) is 4.40. The number of fused-ring (bicyclic) bond motifs is 1. The molecule has 0 saturated carbocycles. The van der Waals surface area contributed by atoms with E-state index in [1.165, 1.54) is 0 Å². The number of rotatable bonds is 3. The number of nitrogens with one attached hydrogen (secondary N) is 1. The van der Waals surface area contributed by atoms with Gasteiger partial charge in [-0.05, 0) is 6.07 Å². The minimum Gasteiger partial charge on any atom is -0.314 e. The molecule has 1 aliphatic rings. The lowest BCUT2D eigenvalue weighted by Crippen LogP contribution is -2.44. The van der Waals surface area contributed by atoms with Gasteiger partial charge < -0.3 is 10.2 Å². The number of imidazole rings is 1. The zero-order valence-corrected chi connectivity index (χ0v) is 9.84. The van der Waals surface area contributed by atoms with Gasteiger partial charge >= 0.3 is 0 Å². The summed E-state index contributed by atoms with van der Waals surface area (Å²) in [5.74, 6) is 0.794. The Balaban J connectivity index is 1.64. The summed E-state index contributed by atoms with van der Waals surface area (Å²) in [7, 11) is 0. The van der Waals surface area contributed by atoms with Crippen molar-refractivity contribution in [2.75, 3.05) is 32.7 Å². The molecule has 5 heteroatoms. The van der Waals surface area contributed by atoms with E-state index in [1.807, 2.05) is 16.7 Å². The molecule has 0 amide bonds. The molecule has 0 aliphatic carbocycles. The Kier molecular flexibility index (Phi) is 3.02. The molecule has 0 spiro atoms. The van der Waals surface area contributed by atoms with E-state index in [9.17, 15) is 0 Å². The van der Waals surface area contributed by atoms with Crippen LogP contribution in [0.15, 0.2) is 24.7 Å². The largest absolute Gasteiger partial charge is 0.314 e. The summed E-state index contributed by atoms with van der Waals surface area (Å²) in [6, 6.07) is 1.93. The summed E-state index contributed by atoms with van der Waals surface area (Å²) in [4.78, 5) is 11.2. The van der Waals surface area contributed by atoms with Crippen LogP contribution in [0.4, 0.5) is 0 Å². The maximum atomic E-state index is 4.51. The summed E-state index contributed by atoms with van der Waals surface area (Å²) in [5.41, 5.74) is 1.13. The van der Waals surface area contributed by atoms with E-state index < -0.39 is 0 Å². The van der Waals surface area contributed by atoms with Crippen LogP contribution in [0, 0.1) is 0 Å². The Morgan fingerprint density at radius 1 is 1.29 bits per heavy atom. The lowest BCUT2D eigenvalue weighted by Gasteiger charge is -2.26. The molecule has 3 heterocycles. The van der Waals surface area contributed by atoms with Gasteiger partial charge in [0, 0.05) is 57.7 Å². The molecular formula is C12H17N5. The molecule has 90 valence electrons. The Morgan fingerprint density at radius 3 is 3.00 bits per heavy atom. The third-order valence-corrected chi connectivity index (χ3v) is 3.18. The third kappa shape index (κ3) is 2.45. The van der Waals surface area contributed by atoms with Crippen molar-refractivity contribution in [3.8, 4) is 0 Å². The van der Waals surface area contributed by atoms with Gasteiger partial charge in [0.05, 0.1) is 5.69 Å². The first-order valence-corrected chi connectivity index (χ1v) is 6.13. The number of aromatic nitrogens is 3. The van der Waals surface area contributed by atoms with E-state index in [0.717, 1.165) is 50.6 Å². The smallest absolute Gasteiger partial charge is 0.233 e. The van der Waals surface area contributed by atoms with Crippen molar-refractivity contribution in [3.05, 3.63) is 30.4 Å². The van der Waals surface area contributed by atoms with E-state index in [0.29, 0.717) is 0 Å². The van der Waals surface area contributed by atoms with Crippen molar-refractivity contribution in [1.82, 2.24) is 24.6 Å².